The molecule has 4 rings (SSSR count). The first-order chi connectivity index (χ1) is 16.9. The van der Waals surface area contributed by atoms with Crippen LogP contribution in [0.15, 0.2) is 73.9 Å². The minimum atomic E-state index is -0.581. The molecule has 184 valence electrons. The summed E-state index contributed by atoms with van der Waals surface area (Å²) in [7, 11) is 0. The van der Waals surface area contributed by atoms with Crippen molar-refractivity contribution in [3.63, 3.8) is 0 Å². The zero-order valence-electron chi connectivity index (χ0n) is 19.6. The SMILES string of the molecule is CC=C(CC)c1ccc(F)cc1F.CC=C(Cn1cncn1)c1ccc(F)cc1F.c1nc[nH]n1. The Hall–Kier alpha value is -4.08. The number of nitrogens with one attached hydrogen (secondary N) is 1. The second kappa shape index (κ2) is 14.2. The van der Waals surface area contributed by atoms with Crippen LogP contribution in [0.2, 0.25) is 0 Å². The number of hydrogen-bond donors (Lipinski definition) is 1. The Morgan fingerprint density at radius 3 is 1.83 bits per heavy atom. The fourth-order valence-electron chi connectivity index (χ4n) is 3.04. The first kappa shape index (κ1) is 27.2. The molecule has 0 aliphatic heterocycles. The van der Waals surface area contributed by atoms with Crippen LogP contribution in [0.4, 0.5) is 17.6 Å². The minimum Gasteiger partial charge on any atom is -0.266 e. The summed E-state index contributed by atoms with van der Waals surface area (Å²) in [6, 6.07) is 7.20. The van der Waals surface area contributed by atoms with Gasteiger partial charge < -0.3 is 0 Å². The fourth-order valence-corrected chi connectivity index (χ4v) is 3.04. The van der Waals surface area contributed by atoms with Gasteiger partial charge >= 0.3 is 0 Å². The standard InChI is InChI=1S/C12H11F2N3.C11H12F2.C2H3N3/c1-2-9(6-17-8-15-7-16-17)11-4-3-10(13)5-12(11)14;1-3-8(4-2)10-6-5-9(12)7-11(10)13;1-3-2-5-4-1/h2-5,7-8H,6H2,1H3;3,5-7H,4H2,1-2H3;1-2H,(H,3,4,5). The molecule has 0 unspecified atom stereocenters. The summed E-state index contributed by atoms with van der Waals surface area (Å²) in [5.74, 6) is -2.18. The van der Waals surface area contributed by atoms with E-state index in [0.717, 1.165) is 29.7 Å². The Bertz CT molecular complexity index is 1200. The maximum atomic E-state index is 13.6. The van der Waals surface area contributed by atoms with Crippen molar-refractivity contribution in [3.05, 3.63) is 108 Å². The third kappa shape index (κ3) is 8.65. The number of allylic oxidation sites excluding steroid dienone is 4. The van der Waals surface area contributed by atoms with Crippen LogP contribution >= 0.6 is 0 Å². The van der Waals surface area contributed by atoms with E-state index in [1.807, 2.05) is 19.9 Å². The van der Waals surface area contributed by atoms with E-state index < -0.39 is 23.3 Å². The highest BCUT2D eigenvalue weighted by Gasteiger charge is 2.09. The molecule has 6 nitrogen and oxygen atoms in total. The molecule has 35 heavy (non-hydrogen) atoms. The lowest BCUT2D eigenvalue weighted by Crippen LogP contribution is -2.02. The highest BCUT2D eigenvalue weighted by Crippen LogP contribution is 2.22. The van der Waals surface area contributed by atoms with Crippen molar-refractivity contribution >= 4 is 11.1 Å². The van der Waals surface area contributed by atoms with Gasteiger partial charge in [-0.15, -0.1) is 0 Å². The second-order valence-electron chi connectivity index (χ2n) is 6.97. The normalized spacial score (nSPS) is 11.3. The Morgan fingerprint density at radius 1 is 0.857 bits per heavy atom. The molecule has 0 radical (unpaired) electrons. The lowest BCUT2D eigenvalue weighted by atomic mass is 10.0. The number of benzene rings is 2. The van der Waals surface area contributed by atoms with Gasteiger partial charge in [-0.25, -0.2) is 32.2 Å². The van der Waals surface area contributed by atoms with E-state index >= 15 is 0 Å². The zero-order valence-corrected chi connectivity index (χ0v) is 19.6. The molecule has 2 aromatic heterocycles. The molecule has 2 aromatic carbocycles. The van der Waals surface area contributed by atoms with Crippen molar-refractivity contribution in [1.29, 1.82) is 0 Å². The average molecular weight is 487 g/mol. The van der Waals surface area contributed by atoms with Crippen molar-refractivity contribution in [1.82, 2.24) is 29.9 Å². The van der Waals surface area contributed by atoms with Crippen LogP contribution in [0, 0.1) is 23.3 Å². The van der Waals surface area contributed by atoms with Gasteiger partial charge in [0.15, 0.2) is 0 Å². The molecule has 0 saturated heterocycles. The molecule has 4 aromatic rings. The van der Waals surface area contributed by atoms with Gasteiger partial charge in [-0.05, 0) is 55.7 Å². The number of halogens is 4. The Morgan fingerprint density at radius 2 is 1.46 bits per heavy atom. The van der Waals surface area contributed by atoms with Crippen LogP contribution in [0.25, 0.3) is 11.1 Å². The molecule has 0 saturated carbocycles. The number of rotatable bonds is 5. The van der Waals surface area contributed by atoms with Crippen LogP contribution in [-0.4, -0.2) is 29.9 Å². The highest BCUT2D eigenvalue weighted by atomic mass is 19.1. The van der Waals surface area contributed by atoms with Crippen LogP contribution < -0.4 is 0 Å². The van der Waals surface area contributed by atoms with Gasteiger partial charge in [-0.2, -0.15) is 10.2 Å². The molecule has 0 aliphatic carbocycles. The lowest BCUT2D eigenvalue weighted by Gasteiger charge is -2.08. The third-order valence-electron chi connectivity index (χ3n) is 4.76. The van der Waals surface area contributed by atoms with Crippen molar-refractivity contribution in [2.45, 2.75) is 33.7 Å². The zero-order chi connectivity index (χ0) is 25.6. The highest BCUT2D eigenvalue weighted by molar-refractivity contribution is 5.66. The molecule has 0 aliphatic rings. The van der Waals surface area contributed by atoms with E-state index in [2.05, 4.69) is 25.3 Å². The van der Waals surface area contributed by atoms with E-state index in [1.54, 1.807) is 24.0 Å². The Kier molecular flexibility index (Phi) is 11.1. The van der Waals surface area contributed by atoms with Crippen molar-refractivity contribution in [3.8, 4) is 0 Å². The monoisotopic (exact) mass is 486 g/mol. The van der Waals surface area contributed by atoms with Crippen molar-refractivity contribution in [2.75, 3.05) is 0 Å². The third-order valence-corrected chi connectivity index (χ3v) is 4.76. The maximum absolute atomic E-state index is 13.6. The van der Waals surface area contributed by atoms with Gasteiger partial charge in [0.05, 0.1) is 6.54 Å². The summed E-state index contributed by atoms with van der Waals surface area (Å²) < 4.78 is 53.7. The summed E-state index contributed by atoms with van der Waals surface area (Å²) in [6.45, 7) is 5.99. The van der Waals surface area contributed by atoms with Crippen molar-refractivity contribution < 1.29 is 17.6 Å². The summed E-state index contributed by atoms with van der Waals surface area (Å²) in [5.41, 5.74) is 2.50. The number of H-pyrrole nitrogens is 1. The number of aromatic amines is 1. The average Bonchev–Trinajstić information content (AvgIpc) is 3.58. The van der Waals surface area contributed by atoms with Gasteiger partial charge in [-0.1, -0.05) is 19.1 Å². The number of nitrogens with zero attached hydrogens (tertiary/aromatic N) is 5. The largest absolute Gasteiger partial charge is 0.266 e. The van der Waals surface area contributed by atoms with Gasteiger partial charge in [-0.3, -0.25) is 5.10 Å². The molecule has 0 bridgehead atoms. The topological polar surface area (TPSA) is 72.3 Å². The second-order valence-corrected chi connectivity index (χ2v) is 6.97. The fraction of sp³-hybridized carbons (Fsp3) is 0.200. The molecule has 0 amide bonds. The van der Waals surface area contributed by atoms with Gasteiger partial charge in [0.1, 0.15) is 48.6 Å². The Balaban J connectivity index is 0.000000211. The smallest absolute Gasteiger partial charge is 0.137 e. The van der Waals surface area contributed by atoms with E-state index in [9.17, 15) is 17.6 Å². The molecule has 10 heteroatoms. The van der Waals surface area contributed by atoms with Crippen LogP contribution in [0.1, 0.15) is 38.3 Å². The first-order valence-corrected chi connectivity index (χ1v) is 10.7. The molecular weight excluding hydrogens is 460 g/mol. The van der Waals surface area contributed by atoms with Gasteiger partial charge in [0.25, 0.3) is 0 Å². The predicted octanol–water partition coefficient (Wildman–Crippen LogP) is 6.24. The lowest BCUT2D eigenvalue weighted by molar-refractivity contribution is 0.579. The summed E-state index contributed by atoms with van der Waals surface area (Å²) in [5, 5.41) is 9.93. The summed E-state index contributed by atoms with van der Waals surface area (Å²) in [6.07, 6.45) is 10.3. The number of hydrogen-bond acceptors (Lipinski definition) is 4. The molecule has 1 N–H and O–H groups in total. The van der Waals surface area contributed by atoms with E-state index in [-0.39, 0.29) is 0 Å². The molecule has 0 atom stereocenters. The first-order valence-electron chi connectivity index (χ1n) is 10.7. The maximum Gasteiger partial charge on any atom is 0.137 e. The Labute approximate surface area is 201 Å². The van der Waals surface area contributed by atoms with E-state index in [4.69, 9.17) is 0 Å². The molecule has 2 heterocycles. The van der Waals surface area contributed by atoms with Gasteiger partial charge in [0, 0.05) is 23.3 Å². The quantitative estimate of drug-likeness (QED) is 0.339. The van der Waals surface area contributed by atoms with E-state index in [0.29, 0.717) is 17.7 Å². The van der Waals surface area contributed by atoms with Crippen LogP contribution in [-0.2, 0) is 6.54 Å². The van der Waals surface area contributed by atoms with Gasteiger partial charge in [0.2, 0.25) is 0 Å². The summed E-state index contributed by atoms with van der Waals surface area (Å²) in [4.78, 5) is 7.37. The van der Waals surface area contributed by atoms with Crippen LogP contribution in [0.3, 0.4) is 0 Å². The predicted molar refractivity (Wildman–Crippen MR) is 127 cm³/mol. The van der Waals surface area contributed by atoms with Crippen molar-refractivity contribution in [2.24, 2.45) is 0 Å². The number of aromatic nitrogens is 6. The molecule has 0 fully saturated rings. The minimum absolute atomic E-state index is 0.379. The van der Waals surface area contributed by atoms with E-state index in [1.165, 1.54) is 43.2 Å². The molecule has 0 spiro atoms. The van der Waals surface area contributed by atoms with Crippen LogP contribution in [0.5, 0.6) is 0 Å². The summed E-state index contributed by atoms with van der Waals surface area (Å²) >= 11 is 0. The molecular formula is C25H26F4N6.